The lowest BCUT2D eigenvalue weighted by atomic mass is 9.63. The Morgan fingerprint density at radius 1 is 1.18 bits per heavy atom. The Bertz CT molecular complexity index is 1160. The molecule has 1 aromatic carbocycles. The molecule has 3 aromatic rings. The molecule has 0 bridgehead atoms. The lowest BCUT2D eigenvalue weighted by Crippen LogP contribution is -2.37. The molecule has 3 heterocycles. The van der Waals surface area contributed by atoms with Crippen molar-refractivity contribution in [2.45, 2.75) is 57.5 Å². The summed E-state index contributed by atoms with van der Waals surface area (Å²) in [5.74, 6) is 1.31. The average molecular weight is 459 g/mol. The van der Waals surface area contributed by atoms with E-state index in [-0.39, 0.29) is 5.41 Å². The van der Waals surface area contributed by atoms with Crippen LogP contribution >= 0.6 is 0 Å². The van der Waals surface area contributed by atoms with Crippen LogP contribution in [0.2, 0.25) is 0 Å². The standard InChI is InChI=1S/C23H23F3N4O.C2H6/c1-14(31-2)30-10-3-5-15-11-16(6-7-19(15)30)22(8-4-9-22)21-28-18-12-17(23(24,25)26)13-27-20(18)29-21;1-2/h6-7,11-13H,1,3-5,8-10H2,2H3,(H,27,28,29);1-2H3. The number of aromatic amines is 1. The number of methoxy groups -OCH3 is 1. The Balaban J connectivity index is 0.00000126. The SMILES string of the molecule is C=C(OC)N1CCCc2cc(C3(c4nc5ncc(C(F)(F)F)cc5[nH]4)CCC3)ccc21.CC. The van der Waals surface area contributed by atoms with E-state index in [0.29, 0.717) is 22.9 Å². The zero-order valence-electron chi connectivity index (χ0n) is 19.2. The van der Waals surface area contributed by atoms with Gasteiger partial charge in [-0.1, -0.05) is 32.4 Å². The highest BCUT2D eigenvalue weighted by Crippen LogP contribution is 2.49. The van der Waals surface area contributed by atoms with Crippen molar-refractivity contribution in [1.29, 1.82) is 0 Å². The number of benzene rings is 1. The van der Waals surface area contributed by atoms with Gasteiger partial charge < -0.3 is 14.6 Å². The second-order valence-electron chi connectivity index (χ2n) is 8.31. The fourth-order valence-corrected chi connectivity index (χ4v) is 4.74. The summed E-state index contributed by atoms with van der Waals surface area (Å²) in [7, 11) is 1.62. The first-order chi connectivity index (χ1) is 15.8. The van der Waals surface area contributed by atoms with Crippen molar-refractivity contribution in [3.63, 3.8) is 0 Å². The predicted octanol–water partition coefficient (Wildman–Crippen LogP) is 6.34. The molecule has 1 saturated carbocycles. The normalized spacial score (nSPS) is 17.0. The van der Waals surface area contributed by atoms with Gasteiger partial charge in [0.2, 0.25) is 0 Å². The third-order valence-corrected chi connectivity index (χ3v) is 6.61. The molecule has 176 valence electrons. The number of ether oxygens (including phenoxy) is 1. The number of rotatable bonds is 4. The van der Waals surface area contributed by atoms with Crippen LogP contribution in [-0.2, 0) is 22.7 Å². The number of aromatic nitrogens is 3. The molecule has 1 N–H and O–H groups in total. The van der Waals surface area contributed by atoms with E-state index in [1.165, 1.54) is 5.56 Å². The summed E-state index contributed by atoms with van der Waals surface area (Å²) >= 11 is 0. The number of fused-ring (bicyclic) bond motifs is 2. The van der Waals surface area contributed by atoms with Gasteiger partial charge in [-0.05, 0) is 55.5 Å². The molecule has 33 heavy (non-hydrogen) atoms. The molecule has 8 heteroatoms. The molecule has 2 aliphatic rings. The Hall–Kier alpha value is -3.03. The highest BCUT2D eigenvalue weighted by molar-refractivity contribution is 5.72. The highest BCUT2D eigenvalue weighted by Gasteiger charge is 2.44. The summed E-state index contributed by atoms with van der Waals surface area (Å²) in [4.78, 5) is 13.8. The van der Waals surface area contributed by atoms with Crippen LogP contribution in [0.15, 0.2) is 42.9 Å². The van der Waals surface area contributed by atoms with Crippen molar-refractivity contribution < 1.29 is 17.9 Å². The predicted molar refractivity (Wildman–Crippen MR) is 123 cm³/mol. The first-order valence-electron chi connectivity index (χ1n) is 11.4. The first-order valence-corrected chi connectivity index (χ1v) is 11.4. The minimum atomic E-state index is -4.43. The minimum absolute atomic E-state index is 0.315. The maximum absolute atomic E-state index is 13.1. The maximum Gasteiger partial charge on any atom is 0.417 e. The van der Waals surface area contributed by atoms with Crippen LogP contribution in [0.3, 0.4) is 0 Å². The van der Waals surface area contributed by atoms with Gasteiger partial charge in [0.05, 0.1) is 23.6 Å². The van der Waals surface area contributed by atoms with Gasteiger partial charge in [0.25, 0.3) is 0 Å². The lowest BCUT2D eigenvalue weighted by molar-refractivity contribution is -0.137. The minimum Gasteiger partial charge on any atom is -0.483 e. The number of nitrogens with zero attached hydrogens (tertiary/aromatic N) is 3. The summed E-state index contributed by atoms with van der Waals surface area (Å²) in [5, 5.41) is 0. The summed E-state index contributed by atoms with van der Waals surface area (Å²) < 4.78 is 44.6. The zero-order valence-corrected chi connectivity index (χ0v) is 19.2. The molecule has 0 radical (unpaired) electrons. The van der Waals surface area contributed by atoms with Gasteiger partial charge in [0.15, 0.2) is 11.5 Å². The van der Waals surface area contributed by atoms with E-state index in [4.69, 9.17) is 4.74 Å². The molecular formula is C25H29F3N4O. The van der Waals surface area contributed by atoms with Crippen LogP contribution in [0.1, 0.15) is 62.0 Å². The second-order valence-corrected chi connectivity index (χ2v) is 8.31. The van der Waals surface area contributed by atoms with E-state index in [2.05, 4.69) is 44.6 Å². The van der Waals surface area contributed by atoms with E-state index in [1.807, 2.05) is 13.8 Å². The Kier molecular flexibility index (Phi) is 6.12. The zero-order chi connectivity index (χ0) is 23.8. The average Bonchev–Trinajstić information content (AvgIpc) is 3.21. The quantitative estimate of drug-likeness (QED) is 0.463. The van der Waals surface area contributed by atoms with E-state index < -0.39 is 11.7 Å². The number of nitrogens with one attached hydrogen (secondary N) is 1. The van der Waals surface area contributed by atoms with Gasteiger partial charge >= 0.3 is 6.18 Å². The second kappa shape index (κ2) is 8.72. The van der Waals surface area contributed by atoms with E-state index in [1.54, 1.807) is 7.11 Å². The lowest BCUT2D eigenvalue weighted by Gasteiger charge is -2.41. The third-order valence-electron chi connectivity index (χ3n) is 6.61. The number of halogens is 3. The molecule has 2 aromatic heterocycles. The topological polar surface area (TPSA) is 54.0 Å². The van der Waals surface area contributed by atoms with Gasteiger partial charge in [0, 0.05) is 18.4 Å². The molecule has 0 atom stereocenters. The molecule has 5 rings (SSSR count). The van der Waals surface area contributed by atoms with Crippen LogP contribution in [-0.4, -0.2) is 28.6 Å². The molecule has 0 unspecified atom stereocenters. The number of H-pyrrole nitrogens is 1. The number of anilines is 1. The summed E-state index contributed by atoms with van der Waals surface area (Å²) in [6.45, 7) is 8.85. The van der Waals surface area contributed by atoms with Gasteiger partial charge in [-0.25, -0.2) is 9.97 Å². The van der Waals surface area contributed by atoms with Crippen molar-refractivity contribution in [3.8, 4) is 0 Å². The number of alkyl halides is 3. The molecule has 1 fully saturated rings. The maximum atomic E-state index is 13.1. The van der Waals surface area contributed by atoms with Crippen molar-refractivity contribution in [3.05, 3.63) is 65.4 Å². The first kappa shape index (κ1) is 23.1. The highest BCUT2D eigenvalue weighted by atomic mass is 19.4. The van der Waals surface area contributed by atoms with Crippen molar-refractivity contribution in [1.82, 2.24) is 15.0 Å². The monoisotopic (exact) mass is 458 g/mol. The Labute approximate surface area is 191 Å². The van der Waals surface area contributed by atoms with Crippen molar-refractivity contribution in [2.24, 2.45) is 0 Å². The molecule has 1 aliphatic carbocycles. The van der Waals surface area contributed by atoms with Gasteiger partial charge in [-0.15, -0.1) is 0 Å². The molecule has 0 spiro atoms. The van der Waals surface area contributed by atoms with Gasteiger partial charge in [0.1, 0.15) is 5.82 Å². The Morgan fingerprint density at radius 3 is 2.58 bits per heavy atom. The van der Waals surface area contributed by atoms with Gasteiger partial charge in [-0.3, -0.25) is 0 Å². The van der Waals surface area contributed by atoms with Gasteiger partial charge in [-0.2, -0.15) is 13.2 Å². The van der Waals surface area contributed by atoms with E-state index >= 15 is 0 Å². The number of pyridine rings is 1. The number of hydrogen-bond acceptors (Lipinski definition) is 4. The molecule has 5 nitrogen and oxygen atoms in total. The van der Waals surface area contributed by atoms with Crippen LogP contribution in [0.5, 0.6) is 0 Å². The van der Waals surface area contributed by atoms with Crippen LogP contribution in [0.4, 0.5) is 18.9 Å². The largest absolute Gasteiger partial charge is 0.483 e. The summed E-state index contributed by atoms with van der Waals surface area (Å²) in [6, 6.07) is 7.50. The van der Waals surface area contributed by atoms with Crippen LogP contribution < -0.4 is 4.90 Å². The molecule has 0 saturated heterocycles. The molecule has 0 amide bonds. The number of hydrogen-bond donors (Lipinski definition) is 1. The Morgan fingerprint density at radius 2 is 1.94 bits per heavy atom. The fourth-order valence-electron chi connectivity index (χ4n) is 4.74. The fraction of sp³-hybridized carbons (Fsp3) is 0.440. The van der Waals surface area contributed by atoms with E-state index in [0.717, 1.165) is 62.2 Å². The third kappa shape index (κ3) is 3.96. The van der Waals surface area contributed by atoms with E-state index in [9.17, 15) is 13.2 Å². The molecular weight excluding hydrogens is 429 g/mol. The number of aryl methyl sites for hydroxylation is 1. The summed E-state index contributed by atoms with van der Waals surface area (Å²) in [6.07, 6.45) is 1.21. The number of imidazole rings is 1. The van der Waals surface area contributed by atoms with Crippen LogP contribution in [0.25, 0.3) is 11.2 Å². The van der Waals surface area contributed by atoms with Crippen molar-refractivity contribution in [2.75, 3.05) is 18.6 Å². The van der Waals surface area contributed by atoms with Crippen molar-refractivity contribution >= 4 is 16.9 Å². The molecule has 1 aliphatic heterocycles. The van der Waals surface area contributed by atoms with Crippen LogP contribution in [0, 0.1) is 0 Å². The smallest absolute Gasteiger partial charge is 0.417 e. The summed E-state index contributed by atoms with van der Waals surface area (Å²) in [5.41, 5.74) is 2.99.